The molecule has 0 unspecified atom stereocenters. The summed E-state index contributed by atoms with van der Waals surface area (Å²) in [5, 5.41) is 13.4. The Labute approximate surface area is 202 Å². The molecular formula is C23H19N3O6S2. The second kappa shape index (κ2) is 10.1. The maximum atomic E-state index is 12.4. The van der Waals surface area contributed by atoms with E-state index in [0.29, 0.717) is 33.5 Å². The zero-order valence-corrected chi connectivity index (χ0v) is 19.7. The van der Waals surface area contributed by atoms with Gasteiger partial charge in [-0.25, -0.2) is 9.78 Å². The summed E-state index contributed by atoms with van der Waals surface area (Å²) in [6.45, 7) is 1.97. The predicted octanol–water partition coefficient (Wildman–Crippen LogP) is 4.68. The second-order valence-corrected chi connectivity index (χ2v) is 9.64. The predicted molar refractivity (Wildman–Crippen MR) is 127 cm³/mol. The van der Waals surface area contributed by atoms with Gasteiger partial charge in [0.1, 0.15) is 0 Å². The van der Waals surface area contributed by atoms with Crippen LogP contribution in [-0.4, -0.2) is 40.7 Å². The highest BCUT2D eigenvalue weighted by Gasteiger charge is 2.23. The fraction of sp³-hybridized carbons (Fsp3) is 0.217. The lowest BCUT2D eigenvalue weighted by molar-refractivity contribution is -0.387. The van der Waals surface area contributed by atoms with E-state index in [0.717, 1.165) is 29.9 Å². The number of hydrogen-bond donors (Lipinski definition) is 0. The number of rotatable bonds is 8. The Morgan fingerprint density at radius 3 is 2.56 bits per heavy atom. The lowest BCUT2D eigenvalue weighted by Crippen LogP contribution is -2.23. The minimum atomic E-state index is -0.836. The molecule has 0 radical (unpaired) electrons. The van der Waals surface area contributed by atoms with Crippen molar-refractivity contribution in [2.45, 2.75) is 29.0 Å². The number of nitrogens with zero attached hydrogens (tertiary/aromatic N) is 3. The number of anilines is 1. The van der Waals surface area contributed by atoms with E-state index < -0.39 is 23.3 Å². The van der Waals surface area contributed by atoms with Crippen molar-refractivity contribution in [2.75, 3.05) is 18.1 Å². The van der Waals surface area contributed by atoms with Crippen molar-refractivity contribution in [2.24, 2.45) is 0 Å². The van der Waals surface area contributed by atoms with Crippen LogP contribution >= 0.6 is 23.1 Å². The van der Waals surface area contributed by atoms with Gasteiger partial charge in [0.2, 0.25) is 5.91 Å². The monoisotopic (exact) mass is 497 g/mol. The van der Waals surface area contributed by atoms with Gasteiger partial charge in [-0.2, -0.15) is 0 Å². The summed E-state index contributed by atoms with van der Waals surface area (Å²) >= 11 is 2.52. The fourth-order valence-corrected chi connectivity index (χ4v) is 5.27. The molecule has 1 saturated heterocycles. The van der Waals surface area contributed by atoms with E-state index in [1.165, 1.54) is 23.5 Å². The van der Waals surface area contributed by atoms with Crippen LogP contribution in [0.5, 0.6) is 0 Å². The molecule has 1 fully saturated rings. The molecule has 0 aliphatic carbocycles. The number of nitro groups is 1. The van der Waals surface area contributed by atoms with Gasteiger partial charge < -0.3 is 9.64 Å². The Kier molecular flexibility index (Phi) is 7.03. The first-order valence-corrected chi connectivity index (χ1v) is 12.0. The van der Waals surface area contributed by atoms with Gasteiger partial charge in [-0.05, 0) is 49.7 Å². The van der Waals surface area contributed by atoms with Crippen molar-refractivity contribution in [3.63, 3.8) is 0 Å². The van der Waals surface area contributed by atoms with Crippen LogP contribution in [0.3, 0.4) is 0 Å². The first-order valence-electron chi connectivity index (χ1n) is 10.3. The number of aryl methyl sites for hydroxylation is 1. The van der Waals surface area contributed by atoms with Gasteiger partial charge in [0.25, 0.3) is 5.69 Å². The number of ketones is 1. The standard InChI is InChI=1S/C23H19N3O6S2/c1-14-13-33-23(24-14)34-20-9-6-16(11-18(20)26(30)31)22(29)32-12-19(27)15-4-7-17(8-5-15)25-10-2-3-21(25)28/h4-9,11,13H,2-3,10,12H2,1H3. The molecule has 0 atom stereocenters. The Morgan fingerprint density at radius 1 is 1.21 bits per heavy atom. The van der Waals surface area contributed by atoms with Crippen molar-refractivity contribution >= 4 is 52.1 Å². The molecule has 0 spiro atoms. The number of carbonyl (C=O) groups is 3. The number of aromatic nitrogens is 1. The molecule has 2 heterocycles. The van der Waals surface area contributed by atoms with Crippen LogP contribution in [0.4, 0.5) is 11.4 Å². The third-order valence-corrected chi connectivity index (χ3v) is 7.22. The summed E-state index contributed by atoms with van der Waals surface area (Å²) in [4.78, 5) is 54.0. The van der Waals surface area contributed by atoms with E-state index in [2.05, 4.69) is 4.98 Å². The van der Waals surface area contributed by atoms with Gasteiger partial charge in [0.15, 0.2) is 16.7 Å². The summed E-state index contributed by atoms with van der Waals surface area (Å²) in [6.07, 6.45) is 1.32. The Hall–Kier alpha value is -3.57. The van der Waals surface area contributed by atoms with E-state index >= 15 is 0 Å². The van der Waals surface area contributed by atoms with E-state index in [9.17, 15) is 24.5 Å². The highest BCUT2D eigenvalue weighted by molar-refractivity contribution is 8.01. The largest absolute Gasteiger partial charge is 0.454 e. The quantitative estimate of drug-likeness (QED) is 0.190. The van der Waals surface area contributed by atoms with Crippen LogP contribution in [0.2, 0.25) is 0 Å². The van der Waals surface area contributed by atoms with Crippen LogP contribution in [0.1, 0.15) is 39.3 Å². The number of amides is 1. The van der Waals surface area contributed by atoms with Gasteiger partial charge in [-0.1, -0.05) is 11.8 Å². The number of benzene rings is 2. The van der Waals surface area contributed by atoms with Gasteiger partial charge in [0.05, 0.1) is 15.4 Å². The SMILES string of the molecule is Cc1csc(Sc2ccc(C(=O)OCC(=O)c3ccc(N4CCCC4=O)cc3)cc2[N+](=O)[O-])n1. The molecule has 174 valence electrons. The molecule has 34 heavy (non-hydrogen) atoms. The summed E-state index contributed by atoms with van der Waals surface area (Å²) in [7, 11) is 0. The van der Waals surface area contributed by atoms with Crippen LogP contribution < -0.4 is 4.90 Å². The molecule has 1 aliphatic rings. The molecular weight excluding hydrogens is 478 g/mol. The molecule has 3 aromatic rings. The molecule has 1 amide bonds. The lowest BCUT2D eigenvalue weighted by Gasteiger charge is -2.15. The normalized spacial score (nSPS) is 13.2. The molecule has 9 nitrogen and oxygen atoms in total. The minimum Gasteiger partial charge on any atom is -0.454 e. The van der Waals surface area contributed by atoms with E-state index in [1.807, 2.05) is 12.3 Å². The summed E-state index contributed by atoms with van der Waals surface area (Å²) < 4.78 is 5.75. The second-order valence-electron chi connectivity index (χ2n) is 7.49. The van der Waals surface area contributed by atoms with Gasteiger partial charge in [-0.15, -0.1) is 11.3 Å². The molecule has 1 aliphatic heterocycles. The van der Waals surface area contributed by atoms with E-state index in [1.54, 1.807) is 29.2 Å². The highest BCUT2D eigenvalue weighted by Crippen LogP contribution is 2.37. The number of ether oxygens (including phenoxy) is 1. The summed E-state index contributed by atoms with van der Waals surface area (Å²) in [5.74, 6) is -1.21. The van der Waals surface area contributed by atoms with Crippen molar-refractivity contribution < 1.29 is 24.0 Å². The van der Waals surface area contributed by atoms with Gasteiger partial charge >= 0.3 is 5.97 Å². The first-order chi connectivity index (χ1) is 16.3. The number of Topliss-reactive ketones (excluding diaryl/α,β-unsaturated/α-hetero) is 1. The molecule has 0 bridgehead atoms. The zero-order valence-electron chi connectivity index (χ0n) is 18.1. The fourth-order valence-electron chi connectivity index (χ4n) is 3.39. The third kappa shape index (κ3) is 5.32. The van der Waals surface area contributed by atoms with Crippen molar-refractivity contribution in [3.8, 4) is 0 Å². The van der Waals surface area contributed by atoms with Crippen LogP contribution in [-0.2, 0) is 9.53 Å². The molecule has 2 aromatic carbocycles. The average Bonchev–Trinajstić information content (AvgIpc) is 3.45. The van der Waals surface area contributed by atoms with Crippen LogP contribution in [0, 0.1) is 17.0 Å². The smallest absolute Gasteiger partial charge is 0.338 e. The topological polar surface area (TPSA) is 120 Å². The molecule has 1 aromatic heterocycles. The Morgan fingerprint density at radius 2 is 1.94 bits per heavy atom. The summed E-state index contributed by atoms with van der Waals surface area (Å²) in [6, 6.07) is 10.5. The molecule has 0 saturated carbocycles. The van der Waals surface area contributed by atoms with Crippen LogP contribution in [0.25, 0.3) is 0 Å². The van der Waals surface area contributed by atoms with Crippen molar-refractivity contribution in [1.29, 1.82) is 0 Å². The number of thiazole rings is 1. The lowest BCUT2D eigenvalue weighted by atomic mass is 10.1. The maximum absolute atomic E-state index is 12.4. The summed E-state index contributed by atoms with van der Waals surface area (Å²) in [5.41, 5.74) is 1.60. The number of esters is 1. The number of carbonyl (C=O) groups excluding carboxylic acids is 3. The number of nitro benzene ring substituents is 1. The molecule has 0 N–H and O–H groups in total. The van der Waals surface area contributed by atoms with Crippen molar-refractivity contribution in [1.82, 2.24) is 4.98 Å². The van der Waals surface area contributed by atoms with Crippen molar-refractivity contribution in [3.05, 3.63) is 74.8 Å². The number of hydrogen-bond acceptors (Lipinski definition) is 9. The average molecular weight is 498 g/mol. The van der Waals surface area contributed by atoms with Gasteiger partial charge in [0, 0.05) is 41.4 Å². The highest BCUT2D eigenvalue weighted by atomic mass is 32.2. The van der Waals surface area contributed by atoms with E-state index in [-0.39, 0.29) is 17.2 Å². The molecule has 4 rings (SSSR count). The first kappa shape index (κ1) is 23.6. The van der Waals surface area contributed by atoms with Crippen LogP contribution in [0.15, 0.2) is 57.1 Å². The Bertz CT molecular complexity index is 1270. The molecule has 11 heteroatoms. The zero-order chi connectivity index (χ0) is 24.2. The Balaban J connectivity index is 1.40. The van der Waals surface area contributed by atoms with Gasteiger partial charge in [-0.3, -0.25) is 19.7 Å². The third-order valence-electron chi connectivity index (χ3n) is 5.10. The van der Waals surface area contributed by atoms with E-state index in [4.69, 9.17) is 4.74 Å². The minimum absolute atomic E-state index is 0.0259. The maximum Gasteiger partial charge on any atom is 0.338 e.